The van der Waals surface area contributed by atoms with Crippen LogP contribution in [0.5, 0.6) is 0 Å². The number of hydrogen-bond acceptors (Lipinski definition) is 1. The summed E-state index contributed by atoms with van der Waals surface area (Å²) in [5, 5.41) is 2.02. The number of rotatable bonds is 8. The van der Waals surface area contributed by atoms with Gasteiger partial charge in [-0.25, -0.2) is 0 Å². The van der Waals surface area contributed by atoms with Crippen LogP contribution < -0.4 is 4.90 Å². The molecule has 1 heteroatoms. The quantitative estimate of drug-likeness (QED) is 0.154. The van der Waals surface area contributed by atoms with Gasteiger partial charge >= 0.3 is 0 Å². The van der Waals surface area contributed by atoms with Crippen molar-refractivity contribution in [2.75, 3.05) is 4.90 Å². The monoisotopic (exact) mass is 683 g/mol. The lowest BCUT2D eigenvalue weighted by atomic mass is 9.97. The summed E-state index contributed by atoms with van der Waals surface area (Å²) in [6, 6.07) is 52.8. The molecule has 0 fully saturated rings. The van der Waals surface area contributed by atoms with Crippen LogP contribution in [0.2, 0.25) is 0 Å². The molecule has 0 aliphatic heterocycles. The number of benzene rings is 9. The highest BCUT2D eigenvalue weighted by molar-refractivity contribution is 5.97. The highest BCUT2D eigenvalue weighted by atomic mass is 15.1. The highest BCUT2D eigenvalue weighted by Crippen LogP contribution is 2.39. The van der Waals surface area contributed by atoms with E-state index in [-0.39, 0.29) is 46.7 Å². The molecule has 0 saturated heterocycles. The molecule has 9 aromatic carbocycles. The zero-order valence-electron chi connectivity index (χ0n) is 36.7. The third kappa shape index (κ3) is 6.65. The Labute approximate surface area is 323 Å². The van der Waals surface area contributed by atoms with Gasteiger partial charge in [0, 0.05) is 17.1 Å². The Bertz CT molecular complexity index is 2880. The molecule has 0 N–H and O–H groups in total. The molecule has 0 spiro atoms. The molecule has 0 aliphatic carbocycles. The lowest BCUT2D eigenvalue weighted by Crippen LogP contribution is -2.10. The van der Waals surface area contributed by atoms with Crippen molar-refractivity contribution in [3.8, 4) is 55.6 Å². The molecule has 0 amide bonds. The summed E-state index contributed by atoms with van der Waals surface area (Å²) in [7, 11) is 0. The van der Waals surface area contributed by atoms with E-state index in [1.807, 2.05) is 140 Å². The molecular formula is C52H37N. The van der Waals surface area contributed by atoms with Crippen molar-refractivity contribution < 1.29 is 11.0 Å². The Morgan fingerprint density at radius 1 is 0.283 bits per heavy atom. The van der Waals surface area contributed by atoms with Crippen LogP contribution in [-0.4, -0.2) is 0 Å². The van der Waals surface area contributed by atoms with E-state index in [4.69, 9.17) is 0 Å². The van der Waals surface area contributed by atoms with Crippen molar-refractivity contribution in [1.82, 2.24) is 0 Å². The molecule has 0 saturated carbocycles. The largest absolute Gasteiger partial charge is 0.310 e. The molecule has 250 valence electrons. The molecule has 9 aromatic rings. The van der Waals surface area contributed by atoms with E-state index < -0.39 is 24.2 Å². The minimum Gasteiger partial charge on any atom is -0.310 e. The van der Waals surface area contributed by atoms with Crippen molar-refractivity contribution in [2.24, 2.45) is 0 Å². The number of hydrogen-bond donors (Lipinski definition) is 0. The van der Waals surface area contributed by atoms with Gasteiger partial charge in [-0.15, -0.1) is 0 Å². The average molecular weight is 684 g/mol. The molecular weight excluding hydrogens is 639 g/mol. The van der Waals surface area contributed by atoms with E-state index in [1.165, 1.54) is 4.90 Å². The van der Waals surface area contributed by atoms with Crippen molar-refractivity contribution in [2.45, 2.75) is 0 Å². The summed E-state index contributed by atoms with van der Waals surface area (Å²) in [6.45, 7) is 0. The van der Waals surface area contributed by atoms with Gasteiger partial charge in [0.05, 0.1) is 11.0 Å². The molecule has 0 aromatic heterocycles. The van der Waals surface area contributed by atoms with Crippen molar-refractivity contribution in [3.63, 3.8) is 0 Å². The van der Waals surface area contributed by atoms with Crippen LogP contribution in [0.15, 0.2) is 224 Å². The summed E-state index contributed by atoms with van der Waals surface area (Å²) in [4.78, 5) is 1.36. The fraction of sp³-hybridized carbons (Fsp3) is 0. The van der Waals surface area contributed by atoms with E-state index in [1.54, 1.807) is 36.4 Å². The normalized spacial score (nSPS) is 13.1. The Morgan fingerprint density at radius 3 is 1.21 bits per heavy atom. The van der Waals surface area contributed by atoms with Crippen molar-refractivity contribution in [3.05, 3.63) is 224 Å². The zero-order chi connectivity index (χ0) is 42.4. The SMILES string of the molecule is [2H]c1c([2H])c(N(c2cccc(-c3cccc4ccccc34)c2)c2c([2H])c([2H])c(-c3ccc(-c4ccccc4)cc3)c([2H])c2[2H])c([2H])c([2H])c1-c1ccc(-c2ccccc2)cc1. The molecule has 0 aliphatic rings. The first-order chi connectivity index (χ1) is 29.6. The van der Waals surface area contributed by atoms with Gasteiger partial charge in [-0.05, 0) is 103 Å². The molecule has 0 atom stereocenters. The Balaban J connectivity index is 1.24. The maximum absolute atomic E-state index is 9.52. The lowest BCUT2D eigenvalue weighted by molar-refractivity contribution is 1.28. The van der Waals surface area contributed by atoms with E-state index >= 15 is 0 Å². The Morgan fingerprint density at radius 2 is 0.679 bits per heavy atom. The first kappa shape index (κ1) is 24.3. The molecule has 1 nitrogen and oxygen atoms in total. The minimum absolute atomic E-state index is 0.108. The molecule has 0 radical (unpaired) electrons. The molecule has 0 heterocycles. The van der Waals surface area contributed by atoms with Gasteiger partial charge in [0.15, 0.2) is 0 Å². The van der Waals surface area contributed by atoms with Crippen LogP contribution in [0.25, 0.3) is 66.4 Å². The van der Waals surface area contributed by atoms with Crippen LogP contribution in [0.3, 0.4) is 0 Å². The van der Waals surface area contributed by atoms with Gasteiger partial charge in [0.1, 0.15) is 0 Å². The van der Waals surface area contributed by atoms with E-state index in [0.29, 0.717) is 16.8 Å². The fourth-order valence-electron chi connectivity index (χ4n) is 6.70. The van der Waals surface area contributed by atoms with Crippen molar-refractivity contribution >= 4 is 27.8 Å². The summed E-state index contributed by atoms with van der Waals surface area (Å²) in [6.07, 6.45) is 0. The van der Waals surface area contributed by atoms with Crippen LogP contribution in [0.1, 0.15) is 11.0 Å². The molecule has 0 unspecified atom stereocenters. The smallest absolute Gasteiger partial charge is 0.0645 e. The van der Waals surface area contributed by atoms with E-state index in [9.17, 15) is 11.0 Å². The summed E-state index contributed by atoms with van der Waals surface area (Å²) in [5.41, 5.74) is 6.71. The Hall–Kier alpha value is -6.96. The zero-order valence-corrected chi connectivity index (χ0v) is 28.7. The maximum atomic E-state index is 9.52. The van der Waals surface area contributed by atoms with Crippen LogP contribution in [0, 0.1) is 0 Å². The summed E-state index contributed by atoms with van der Waals surface area (Å²) in [5.74, 6) is 0. The minimum atomic E-state index is -0.392. The second-order valence-corrected chi connectivity index (χ2v) is 12.7. The van der Waals surface area contributed by atoms with E-state index in [2.05, 4.69) is 0 Å². The van der Waals surface area contributed by atoms with Gasteiger partial charge in [0.25, 0.3) is 0 Å². The topological polar surface area (TPSA) is 3.24 Å². The van der Waals surface area contributed by atoms with Gasteiger partial charge in [-0.2, -0.15) is 0 Å². The first-order valence-electron chi connectivity index (χ1n) is 21.5. The maximum Gasteiger partial charge on any atom is 0.0645 e. The summed E-state index contributed by atoms with van der Waals surface area (Å²) < 4.78 is 75.5. The Kier molecular flexibility index (Phi) is 6.57. The lowest BCUT2D eigenvalue weighted by Gasteiger charge is -2.26. The third-order valence-electron chi connectivity index (χ3n) is 9.44. The fourth-order valence-corrected chi connectivity index (χ4v) is 6.70. The standard InChI is InChI=1S/C52H37N/c1-3-11-38(12-4-1)40-21-25-42(26-22-40)44-29-33-48(34-30-44)53(50-18-9-17-47(37-50)52-20-10-16-46-15-7-8-19-51(46)52)49-35-31-45(32-36-49)43-27-23-41(24-28-43)39-13-5-2-6-14-39/h1-37H/i29D,30D,31D,32D,33D,34D,35D,36D. The number of fused-ring (bicyclic) bond motifs is 1. The van der Waals surface area contributed by atoms with Gasteiger partial charge in [-0.1, -0.05) is 188 Å². The predicted molar refractivity (Wildman–Crippen MR) is 226 cm³/mol. The van der Waals surface area contributed by atoms with E-state index in [0.717, 1.165) is 44.2 Å². The second-order valence-electron chi connectivity index (χ2n) is 12.7. The average Bonchev–Trinajstić information content (AvgIpc) is 3.31. The van der Waals surface area contributed by atoms with Gasteiger partial charge < -0.3 is 4.90 Å². The molecule has 9 rings (SSSR count). The predicted octanol–water partition coefficient (Wildman–Crippen LogP) is 14.6. The van der Waals surface area contributed by atoms with Gasteiger partial charge in [-0.3, -0.25) is 0 Å². The second kappa shape index (κ2) is 14.3. The van der Waals surface area contributed by atoms with Gasteiger partial charge in [0.2, 0.25) is 0 Å². The van der Waals surface area contributed by atoms with Crippen molar-refractivity contribution in [1.29, 1.82) is 0 Å². The van der Waals surface area contributed by atoms with Crippen LogP contribution >= 0.6 is 0 Å². The van der Waals surface area contributed by atoms with Crippen LogP contribution in [-0.2, 0) is 0 Å². The summed E-state index contributed by atoms with van der Waals surface area (Å²) >= 11 is 0. The highest BCUT2D eigenvalue weighted by Gasteiger charge is 2.15. The number of nitrogens with zero attached hydrogens (tertiary/aromatic N) is 1. The first-order valence-corrected chi connectivity index (χ1v) is 17.5. The molecule has 0 bridgehead atoms. The molecule has 53 heavy (non-hydrogen) atoms. The van der Waals surface area contributed by atoms with Crippen LogP contribution in [0.4, 0.5) is 17.1 Å². The third-order valence-corrected chi connectivity index (χ3v) is 9.44. The number of anilines is 3.